The maximum atomic E-state index is 5.04. The van der Waals surface area contributed by atoms with E-state index in [2.05, 4.69) is 109 Å². The molecule has 0 aliphatic carbocycles. The molecular weight excluding hydrogens is 342 g/mol. The van der Waals surface area contributed by atoms with Gasteiger partial charge in [0.05, 0.1) is 17.4 Å². The molecule has 0 N–H and O–H groups in total. The van der Waals surface area contributed by atoms with E-state index < -0.39 is 0 Å². The van der Waals surface area contributed by atoms with Crippen molar-refractivity contribution in [1.29, 1.82) is 0 Å². The molecule has 0 radical (unpaired) electrons. The van der Waals surface area contributed by atoms with Gasteiger partial charge in [-0.1, -0.05) is 60.7 Å². The highest BCUT2D eigenvalue weighted by Crippen LogP contribution is 2.37. The average molecular weight is 370 g/mol. The third kappa shape index (κ3) is 3.65. The fourth-order valence-electron chi connectivity index (χ4n) is 3.89. The summed E-state index contributed by atoms with van der Waals surface area (Å²) in [6.45, 7) is 6.42. The smallest absolute Gasteiger partial charge is 0.0831 e. The van der Waals surface area contributed by atoms with Gasteiger partial charge < -0.3 is 4.90 Å². The molecule has 28 heavy (non-hydrogen) atoms. The normalized spacial score (nSPS) is 16.1. The molecule has 1 unspecified atom stereocenters. The van der Waals surface area contributed by atoms with E-state index in [1.54, 1.807) is 0 Å². The lowest BCUT2D eigenvalue weighted by Crippen LogP contribution is -2.22. The van der Waals surface area contributed by atoms with Gasteiger partial charge in [-0.3, -0.25) is 5.01 Å². The average Bonchev–Trinajstić information content (AvgIpc) is 3.22. The lowest BCUT2D eigenvalue weighted by Gasteiger charge is -2.26. The van der Waals surface area contributed by atoms with Crippen LogP contribution in [0.2, 0.25) is 0 Å². The molecule has 0 spiro atoms. The second-order valence-corrected chi connectivity index (χ2v) is 7.08. The first kappa shape index (κ1) is 18.3. The van der Waals surface area contributed by atoms with Gasteiger partial charge in [-0.2, -0.15) is 5.10 Å². The molecule has 0 fully saturated rings. The maximum absolute atomic E-state index is 5.04. The Morgan fingerprint density at radius 1 is 0.821 bits per heavy atom. The van der Waals surface area contributed by atoms with E-state index in [-0.39, 0.29) is 6.04 Å². The number of hydrogen-bond donors (Lipinski definition) is 0. The Hall–Kier alpha value is -3.07. The minimum atomic E-state index is 0.218. The molecule has 3 aromatic rings. The number of nitrogens with zero attached hydrogens (tertiary/aromatic N) is 3. The SMILES string of the molecule is CCN(CC)c1ccc(N2N=C(c3ccccc3)CC2c2ccccc2)cc1. The highest BCUT2D eigenvalue weighted by atomic mass is 15.5. The zero-order chi connectivity index (χ0) is 19.3. The van der Waals surface area contributed by atoms with Crippen LogP contribution in [0.3, 0.4) is 0 Å². The van der Waals surface area contributed by atoms with E-state index in [1.807, 2.05) is 0 Å². The molecule has 0 saturated heterocycles. The zero-order valence-corrected chi connectivity index (χ0v) is 16.6. The molecule has 1 atom stereocenters. The van der Waals surface area contributed by atoms with Crippen molar-refractivity contribution in [2.75, 3.05) is 23.0 Å². The van der Waals surface area contributed by atoms with Crippen LogP contribution in [0.15, 0.2) is 90.0 Å². The summed E-state index contributed by atoms with van der Waals surface area (Å²) in [6.07, 6.45) is 0.909. The molecule has 1 aliphatic heterocycles. The van der Waals surface area contributed by atoms with Crippen LogP contribution in [-0.2, 0) is 0 Å². The van der Waals surface area contributed by atoms with E-state index in [0.717, 1.165) is 30.9 Å². The zero-order valence-electron chi connectivity index (χ0n) is 16.6. The Kier molecular flexibility index (Phi) is 5.43. The number of hydrogen-bond acceptors (Lipinski definition) is 3. The van der Waals surface area contributed by atoms with Crippen LogP contribution in [-0.4, -0.2) is 18.8 Å². The van der Waals surface area contributed by atoms with Crippen LogP contribution in [0.4, 0.5) is 11.4 Å². The van der Waals surface area contributed by atoms with Gasteiger partial charge in [0.2, 0.25) is 0 Å². The van der Waals surface area contributed by atoms with E-state index >= 15 is 0 Å². The molecule has 0 bridgehead atoms. The molecule has 4 rings (SSSR count). The van der Waals surface area contributed by atoms with Crippen LogP contribution >= 0.6 is 0 Å². The summed E-state index contributed by atoms with van der Waals surface area (Å²) >= 11 is 0. The Morgan fingerprint density at radius 2 is 1.43 bits per heavy atom. The second kappa shape index (κ2) is 8.30. The molecule has 3 aromatic carbocycles. The largest absolute Gasteiger partial charge is 0.372 e. The van der Waals surface area contributed by atoms with Crippen molar-refractivity contribution in [2.24, 2.45) is 5.10 Å². The van der Waals surface area contributed by atoms with Crippen molar-refractivity contribution in [3.05, 3.63) is 96.1 Å². The Labute approximate surface area is 167 Å². The van der Waals surface area contributed by atoms with Gasteiger partial charge in [-0.25, -0.2) is 0 Å². The van der Waals surface area contributed by atoms with E-state index in [0.29, 0.717) is 0 Å². The van der Waals surface area contributed by atoms with Gasteiger partial charge in [0.25, 0.3) is 0 Å². The van der Waals surface area contributed by atoms with E-state index in [9.17, 15) is 0 Å². The van der Waals surface area contributed by atoms with Crippen LogP contribution < -0.4 is 9.91 Å². The van der Waals surface area contributed by atoms with Crippen molar-refractivity contribution < 1.29 is 0 Å². The summed E-state index contributed by atoms with van der Waals surface area (Å²) in [5.41, 5.74) is 6.03. The number of anilines is 2. The predicted molar refractivity (Wildman–Crippen MR) is 119 cm³/mol. The second-order valence-electron chi connectivity index (χ2n) is 7.08. The summed E-state index contributed by atoms with van der Waals surface area (Å²) in [7, 11) is 0. The highest BCUT2D eigenvalue weighted by molar-refractivity contribution is 6.03. The predicted octanol–water partition coefficient (Wildman–Crippen LogP) is 5.89. The standard InChI is InChI=1S/C25H27N3/c1-3-27(4-2)22-15-17-23(18-16-22)28-25(21-13-9-6-10-14-21)19-24(26-28)20-11-7-5-8-12-20/h5-18,25H,3-4,19H2,1-2H3. The topological polar surface area (TPSA) is 18.8 Å². The number of hydrazone groups is 1. The van der Waals surface area contributed by atoms with Crippen LogP contribution in [0.25, 0.3) is 0 Å². The quantitative estimate of drug-likeness (QED) is 0.539. The van der Waals surface area contributed by atoms with Crippen molar-refractivity contribution in [3.63, 3.8) is 0 Å². The minimum Gasteiger partial charge on any atom is -0.372 e. The van der Waals surface area contributed by atoms with Gasteiger partial charge in [0.15, 0.2) is 0 Å². The number of rotatable bonds is 6. The van der Waals surface area contributed by atoms with Gasteiger partial charge in [-0.15, -0.1) is 0 Å². The first-order valence-corrected chi connectivity index (χ1v) is 10.1. The van der Waals surface area contributed by atoms with Gasteiger partial charge >= 0.3 is 0 Å². The monoisotopic (exact) mass is 369 g/mol. The molecule has 0 amide bonds. The summed E-state index contributed by atoms with van der Waals surface area (Å²) in [4.78, 5) is 2.36. The van der Waals surface area contributed by atoms with Crippen LogP contribution in [0.5, 0.6) is 0 Å². The highest BCUT2D eigenvalue weighted by Gasteiger charge is 2.29. The van der Waals surface area contributed by atoms with Crippen molar-refractivity contribution in [1.82, 2.24) is 0 Å². The van der Waals surface area contributed by atoms with Crippen molar-refractivity contribution in [3.8, 4) is 0 Å². The van der Waals surface area contributed by atoms with Crippen LogP contribution in [0.1, 0.15) is 37.4 Å². The fraction of sp³-hybridized carbons (Fsp3) is 0.240. The summed E-state index contributed by atoms with van der Waals surface area (Å²) in [6, 6.07) is 30.2. The summed E-state index contributed by atoms with van der Waals surface area (Å²) < 4.78 is 0. The summed E-state index contributed by atoms with van der Waals surface area (Å²) in [5, 5.41) is 7.22. The van der Waals surface area contributed by atoms with E-state index in [1.165, 1.54) is 16.8 Å². The lowest BCUT2D eigenvalue weighted by atomic mass is 9.98. The van der Waals surface area contributed by atoms with Crippen molar-refractivity contribution >= 4 is 17.1 Å². The Bertz CT molecular complexity index is 913. The summed E-state index contributed by atoms with van der Waals surface area (Å²) in [5.74, 6) is 0. The molecule has 1 heterocycles. The van der Waals surface area contributed by atoms with Crippen molar-refractivity contribution in [2.45, 2.75) is 26.3 Å². The first-order chi connectivity index (χ1) is 13.8. The Balaban J connectivity index is 1.69. The lowest BCUT2D eigenvalue weighted by molar-refractivity contribution is 0.709. The molecular formula is C25H27N3. The maximum Gasteiger partial charge on any atom is 0.0831 e. The third-order valence-corrected chi connectivity index (χ3v) is 5.44. The minimum absolute atomic E-state index is 0.218. The van der Waals surface area contributed by atoms with Gasteiger partial charge in [0.1, 0.15) is 0 Å². The van der Waals surface area contributed by atoms with Crippen LogP contribution in [0, 0.1) is 0 Å². The Morgan fingerprint density at radius 3 is 2.04 bits per heavy atom. The third-order valence-electron chi connectivity index (χ3n) is 5.44. The fourth-order valence-corrected chi connectivity index (χ4v) is 3.89. The number of benzene rings is 3. The molecule has 0 saturated carbocycles. The molecule has 142 valence electrons. The first-order valence-electron chi connectivity index (χ1n) is 10.1. The molecule has 0 aromatic heterocycles. The molecule has 1 aliphatic rings. The van der Waals surface area contributed by atoms with E-state index in [4.69, 9.17) is 5.10 Å². The van der Waals surface area contributed by atoms with Gasteiger partial charge in [-0.05, 0) is 49.2 Å². The van der Waals surface area contributed by atoms with Gasteiger partial charge in [0, 0.05) is 25.2 Å². The molecule has 3 heteroatoms. The molecule has 3 nitrogen and oxygen atoms in total.